The number of amides is 1. The van der Waals surface area contributed by atoms with Crippen molar-refractivity contribution in [2.45, 2.75) is 42.5 Å². The van der Waals surface area contributed by atoms with E-state index < -0.39 is 14.6 Å². The van der Waals surface area contributed by atoms with Gasteiger partial charge in [0.2, 0.25) is 5.91 Å². The lowest BCUT2D eigenvalue weighted by Gasteiger charge is -2.39. The molecule has 0 radical (unpaired) electrons. The average molecular weight is 336 g/mol. The van der Waals surface area contributed by atoms with Gasteiger partial charge in [-0.25, -0.2) is 8.42 Å². The third-order valence-electron chi connectivity index (χ3n) is 5.39. The number of carbonyl (C=O) groups excluding carboxylic acids is 1. The summed E-state index contributed by atoms with van der Waals surface area (Å²) >= 11 is 0. The fourth-order valence-corrected chi connectivity index (χ4v) is 5.22. The lowest BCUT2D eigenvalue weighted by atomic mass is 9.83. The van der Waals surface area contributed by atoms with Crippen molar-refractivity contribution in [2.75, 3.05) is 19.8 Å². The van der Waals surface area contributed by atoms with Crippen molar-refractivity contribution >= 4 is 15.7 Å². The first-order valence-electron chi connectivity index (χ1n) is 8.11. The molecule has 2 fully saturated rings. The van der Waals surface area contributed by atoms with E-state index in [1.165, 1.54) is 6.26 Å². The Balaban J connectivity index is 1.80. The zero-order valence-electron chi connectivity index (χ0n) is 13.7. The largest absolute Gasteiger partial charge is 0.350 e. The van der Waals surface area contributed by atoms with Gasteiger partial charge in [-0.15, -0.1) is 0 Å². The second-order valence-corrected chi connectivity index (χ2v) is 9.15. The molecule has 1 saturated carbocycles. The molecule has 5 nitrogen and oxygen atoms in total. The molecule has 0 spiro atoms. The maximum absolute atomic E-state index is 12.7. The van der Waals surface area contributed by atoms with Gasteiger partial charge in [0.05, 0.1) is 6.04 Å². The van der Waals surface area contributed by atoms with Crippen LogP contribution in [0.2, 0.25) is 0 Å². The molecule has 1 aromatic rings. The van der Waals surface area contributed by atoms with Crippen LogP contribution in [0, 0.1) is 0 Å². The molecule has 0 aromatic heterocycles. The number of sulfone groups is 1. The van der Waals surface area contributed by atoms with Gasteiger partial charge in [-0.1, -0.05) is 30.3 Å². The van der Waals surface area contributed by atoms with Crippen LogP contribution < -0.4 is 5.32 Å². The van der Waals surface area contributed by atoms with Gasteiger partial charge in [0, 0.05) is 18.8 Å². The van der Waals surface area contributed by atoms with E-state index >= 15 is 0 Å². The normalized spacial score (nSPS) is 27.4. The maximum Gasteiger partial charge on any atom is 0.241 e. The second kappa shape index (κ2) is 5.91. The standard InChI is InChI=1S/C17H24N2O3S/c1-19-12-9-14(15(19)13-7-4-3-5-8-13)18-16(20)17(10-6-11-17)23(2,21)22/h3-5,7-8,14-15H,6,9-12H2,1-2H3,(H,18,20)/t14-,15+/m0/s1. The van der Waals surface area contributed by atoms with Crippen LogP contribution in [0.25, 0.3) is 0 Å². The van der Waals surface area contributed by atoms with E-state index in [0.29, 0.717) is 12.8 Å². The molecule has 23 heavy (non-hydrogen) atoms. The third kappa shape index (κ3) is 2.78. The van der Waals surface area contributed by atoms with Crippen LogP contribution in [0.3, 0.4) is 0 Å². The summed E-state index contributed by atoms with van der Waals surface area (Å²) in [6.07, 6.45) is 3.70. The summed E-state index contributed by atoms with van der Waals surface area (Å²) in [4.78, 5) is 14.9. The SMILES string of the molecule is CN1CC[C@H](NC(=O)C2(S(C)(=O)=O)CCC2)[C@H]1c1ccccc1. The lowest BCUT2D eigenvalue weighted by Crippen LogP contribution is -2.58. The molecular weight excluding hydrogens is 312 g/mol. The molecule has 1 aliphatic heterocycles. The molecule has 1 aromatic carbocycles. The number of carbonyl (C=O) groups is 1. The zero-order chi connectivity index (χ0) is 16.7. The summed E-state index contributed by atoms with van der Waals surface area (Å²) in [5, 5.41) is 3.05. The number of hydrogen-bond donors (Lipinski definition) is 1. The van der Waals surface area contributed by atoms with E-state index in [1.54, 1.807) is 0 Å². The summed E-state index contributed by atoms with van der Waals surface area (Å²) in [7, 11) is -1.35. The van der Waals surface area contributed by atoms with Gasteiger partial charge in [-0.3, -0.25) is 9.69 Å². The second-order valence-electron chi connectivity index (χ2n) is 6.82. The van der Waals surface area contributed by atoms with Crippen LogP contribution in [0.4, 0.5) is 0 Å². The molecule has 1 amide bonds. The Kier molecular flexibility index (Phi) is 4.23. The van der Waals surface area contributed by atoms with Crippen molar-refractivity contribution in [2.24, 2.45) is 0 Å². The first kappa shape index (κ1) is 16.5. The van der Waals surface area contributed by atoms with E-state index in [9.17, 15) is 13.2 Å². The Hall–Kier alpha value is -1.40. The van der Waals surface area contributed by atoms with Gasteiger partial charge >= 0.3 is 0 Å². The molecule has 6 heteroatoms. The summed E-state index contributed by atoms with van der Waals surface area (Å²) < 4.78 is 23.0. The predicted octanol–water partition coefficient (Wildman–Crippen LogP) is 1.52. The van der Waals surface area contributed by atoms with E-state index in [4.69, 9.17) is 0 Å². The van der Waals surface area contributed by atoms with E-state index in [-0.39, 0.29) is 18.0 Å². The van der Waals surface area contributed by atoms with Crippen molar-refractivity contribution in [3.05, 3.63) is 35.9 Å². The number of hydrogen-bond acceptors (Lipinski definition) is 4. The topological polar surface area (TPSA) is 66.5 Å². The molecule has 126 valence electrons. The van der Waals surface area contributed by atoms with Crippen LogP contribution in [0.5, 0.6) is 0 Å². The number of nitrogens with one attached hydrogen (secondary N) is 1. The van der Waals surface area contributed by atoms with E-state index in [0.717, 1.165) is 24.9 Å². The minimum absolute atomic E-state index is 0.0471. The van der Waals surface area contributed by atoms with Crippen LogP contribution in [0.15, 0.2) is 30.3 Å². The highest BCUT2D eigenvalue weighted by molar-refractivity contribution is 7.93. The van der Waals surface area contributed by atoms with Crippen LogP contribution in [-0.2, 0) is 14.6 Å². The molecule has 0 unspecified atom stereocenters. The molecular formula is C17H24N2O3S. The smallest absolute Gasteiger partial charge is 0.241 e. The Bertz CT molecular complexity index is 683. The number of nitrogens with zero attached hydrogens (tertiary/aromatic N) is 1. The summed E-state index contributed by atoms with van der Waals surface area (Å²) in [6, 6.07) is 10.1. The Morgan fingerprint density at radius 2 is 1.91 bits per heavy atom. The van der Waals surface area contributed by atoms with Gasteiger partial charge in [-0.2, -0.15) is 0 Å². The third-order valence-corrected chi connectivity index (χ3v) is 7.40. The van der Waals surface area contributed by atoms with Crippen molar-refractivity contribution < 1.29 is 13.2 Å². The summed E-state index contributed by atoms with van der Waals surface area (Å²) in [6.45, 7) is 0.885. The van der Waals surface area contributed by atoms with Gasteiger partial charge in [0.25, 0.3) is 0 Å². The van der Waals surface area contributed by atoms with Gasteiger partial charge < -0.3 is 5.32 Å². The number of benzene rings is 1. The van der Waals surface area contributed by atoms with Crippen LogP contribution in [0.1, 0.15) is 37.3 Å². The molecule has 1 N–H and O–H groups in total. The van der Waals surface area contributed by atoms with E-state index in [2.05, 4.69) is 22.3 Å². The first-order chi connectivity index (χ1) is 10.8. The van der Waals surface area contributed by atoms with Gasteiger partial charge in [-0.05, 0) is 38.3 Å². The summed E-state index contributed by atoms with van der Waals surface area (Å²) in [5.41, 5.74) is 1.15. The molecule has 2 aliphatic rings. The van der Waals surface area contributed by atoms with Crippen LogP contribution in [-0.4, -0.2) is 49.9 Å². The monoisotopic (exact) mass is 336 g/mol. The van der Waals surface area contributed by atoms with Crippen molar-refractivity contribution in [1.82, 2.24) is 10.2 Å². The average Bonchev–Trinajstić information content (AvgIpc) is 2.77. The molecule has 1 saturated heterocycles. The zero-order valence-corrected chi connectivity index (χ0v) is 14.5. The maximum atomic E-state index is 12.7. The number of likely N-dealkylation sites (tertiary alicyclic amines) is 1. The Morgan fingerprint density at radius 1 is 1.26 bits per heavy atom. The highest BCUT2D eigenvalue weighted by Gasteiger charge is 2.53. The predicted molar refractivity (Wildman–Crippen MR) is 89.8 cm³/mol. The highest BCUT2D eigenvalue weighted by atomic mass is 32.2. The molecule has 1 aliphatic carbocycles. The minimum atomic E-state index is -3.39. The molecule has 1 heterocycles. The summed E-state index contributed by atoms with van der Waals surface area (Å²) in [5.74, 6) is -0.313. The fraction of sp³-hybridized carbons (Fsp3) is 0.588. The molecule has 2 atom stereocenters. The van der Waals surface area contributed by atoms with E-state index in [1.807, 2.05) is 25.2 Å². The van der Waals surface area contributed by atoms with Crippen molar-refractivity contribution in [1.29, 1.82) is 0 Å². The Labute approximate surface area is 138 Å². The number of likely N-dealkylation sites (N-methyl/N-ethyl adjacent to an activating group) is 1. The van der Waals surface area contributed by atoms with Gasteiger partial charge in [0.15, 0.2) is 9.84 Å². The lowest BCUT2D eigenvalue weighted by molar-refractivity contribution is -0.126. The van der Waals surface area contributed by atoms with Crippen molar-refractivity contribution in [3.63, 3.8) is 0 Å². The van der Waals surface area contributed by atoms with Crippen LogP contribution >= 0.6 is 0 Å². The van der Waals surface area contributed by atoms with Crippen molar-refractivity contribution in [3.8, 4) is 0 Å². The Morgan fingerprint density at radius 3 is 2.43 bits per heavy atom. The number of rotatable bonds is 4. The minimum Gasteiger partial charge on any atom is -0.350 e. The molecule has 3 rings (SSSR count). The van der Waals surface area contributed by atoms with Gasteiger partial charge in [0.1, 0.15) is 4.75 Å². The quantitative estimate of drug-likeness (QED) is 0.905. The molecule has 0 bridgehead atoms. The first-order valence-corrected chi connectivity index (χ1v) is 10.00. The highest BCUT2D eigenvalue weighted by Crippen LogP contribution is 2.40. The fourth-order valence-electron chi connectivity index (χ4n) is 3.80.